The van der Waals surface area contributed by atoms with Gasteiger partial charge in [-0.1, -0.05) is 19.9 Å². The zero-order valence-corrected chi connectivity index (χ0v) is 11.6. The molecule has 0 spiro atoms. The molecule has 1 aromatic rings. The van der Waals surface area contributed by atoms with Crippen molar-refractivity contribution in [3.8, 4) is 11.5 Å². The van der Waals surface area contributed by atoms with Crippen LogP contribution in [0, 0.1) is 0 Å². The summed E-state index contributed by atoms with van der Waals surface area (Å²) in [6.45, 7) is 6.85. The summed E-state index contributed by atoms with van der Waals surface area (Å²) in [7, 11) is 0. The van der Waals surface area contributed by atoms with Crippen LogP contribution in [0.2, 0.25) is 0 Å². The molecule has 0 atom stereocenters. The molecule has 17 heavy (non-hydrogen) atoms. The van der Waals surface area contributed by atoms with Crippen molar-refractivity contribution in [3.63, 3.8) is 0 Å². The lowest BCUT2D eigenvalue weighted by atomic mass is 10.2. The number of rotatable bonds is 7. The van der Waals surface area contributed by atoms with E-state index in [4.69, 9.17) is 21.1 Å². The predicted octanol–water partition coefficient (Wildman–Crippen LogP) is 4.39. The Morgan fingerprint density at radius 2 is 1.82 bits per heavy atom. The van der Waals surface area contributed by atoms with Gasteiger partial charge in [0.2, 0.25) is 0 Å². The topological polar surface area (TPSA) is 18.5 Å². The van der Waals surface area contributed by atoms with Crippen molar-refractivity contribution in [1.82, 2.24) is 0 Å². The van der Waals surface area contributed by atoms with E-state index < -0.39 is 0 Å². The minimum Gasteiger partial charge on any atom is -0.490 e. The lowest BCUT2D eigenvalue weighted by Gasteiger charge is -2.18. The Morgan fingerprint density at radius 3 is 2.35 bits per heavy atom. The van der Waals surface area contributed by atoms with Crippen LogP contribution >= 0.6 is 11.6 Å². The molecular weight excluding hydrogens is 236 g/mol. The van der Waals surface area contributed by atoms with Crippen molar-refractivity contribution in [2.45, 2.75) is 45.6 Å². The Labute approximate surface area is 109 Å². The van der Waals surface area contributed by atoms with Crippen molar-refractivity contribution in [2.24, 2.45) is 0 Å². The molecule has 0 amide bonds. The molecule has 0 bridgehead atoms. The molecule has 0 aliphatic heterocycles. The molecule has 0 unspecified atom stereocenters. The van der Waals surface area contributed by atoms with Gasteiger partial charge in [-0.2, -0.15) is 0 Å². The molecule has 0 saturated carbocycles. The van der Waals surface area contributed by atoms with Crippen molar-refractivity contribution in [2.75, 3.05) is 6.61 Å². The van der Waals surface area contributed by atoms with Crippen LogP contribution in [-0.2, 0) is 5.88 Å². The molecule has 0 saturated heterocycles. The molecule has 3 heteroatoms. The Balaban J connectivity index is 2.88. The van der Waals surface area contributed by atoms with E-state index in [-0.39, 0.29) is 6.10 Å². The monoisotopic (exact) mass is 256 g/mol. The second-order valence-electron chi connectivity index (χ2n) is 3.90. The maximum Gasteiger partial charge on any atom is 0.161 e. The highest BCUT2D eigenvalue weighted by molar-refractivity contribution is 6.17. The second-order valence-corrected chi connectivity index (χ2v) is 4.17. The molecule has 0 aliphatic carbocycles. The first-order chi connectivity index (χ1) is 8.24. The molecule has 1 rings (SSSR count). The summed E-state index contributed by atoms with van der Waals surface area (Å²) >= 11 is 5.82. The number of halogens is 1. The van der Waals surface area contributed by atoms with Crippen LogP contribution in [0.4, 0.5) is 0 Å². The predicted molar refractivity (Wildman–Crippen MR) is 72.2 cm³/mol. The lowest BCUT2D eigenvalue weighted by molar-refractivity contribution is 0.182. The van der Waals surface area contributed by atoms with Gasteiger partial charge in [-0.15, -0.1) is 11.6 Å². The quantitative estimate of drug-likeness (QED) is 0.674. The van der Waals surface area contributed by atoms with Crippen LogP contribution in [-0.4, -0.2) is 12.7 Å². The molecule has 0 aliphatic rings. The van der Waals surface area contributed by atoms with Crippen LogP contribution in [0.25, 0.3) is 0 Å². The number of alkyl halides is 1. The Bertz CT molecular complexity index is 335. The Hall–Kier alpha value is -0.890. The summed E-state index contributed by atoms with van der Waals surface area (Å²) < 4.78 is 11.5. The molecule has 0 N–H and O–H groups in total. The van der Waals surface area contributed by atoms with Crippen molar-refractivity contribution in [1.29, 1.82) is 0 Å². The van der Waals surface area contributed by atoms with E-state index in [1.165, 1.54) is 0 Å². The normalized spacial score (nSPS) is 10.6. The third kappa shape index (κ3) is 4.12. The number of hydrogen-bond acceptors (Lipinski definition) is 2. The lowest BCUT2D eigenvalue weighted by Crippen LogP contribution is -2.14. The fourth-order valence-corrected chi connectivity index (χ4v) is 1.80. The van der Waals surface area contributed by atoms with E-state index in [0.717, 1.165) is 29.9 Å². The van der Waals surface area contributed by atoms with Crippen molar-refractivity contribution in [3.05, 3.63) is 23.8 Å². The fourth-order valence-electron chi connectivity index (χ4n) is 1.64. The largest absolute Gasteiger partial charge is 0.490 e. The van der Waals surface area contributed by atoms with Crippen molar-refractivity contribution >= 4 is 11.6 Å². The number of hydrogen-bond donors (Lipinski definition) is 0. The van der Waals surface area contributed by atoms with Crippen LogP contribution in [0.5, 0.6) is 11.5 Å². The van der Waals surface area contributed by atoms with Gasteiger partial charge in [-0.25, -0.2) is 0 Å². The van der Waals surface area contributed by atoms with Crippen LogP contribution in [0.15, 0.2) is 18.2 Å². The third-order valence-electron chi connectivity index (χ3n) is 2.67. The molecular formula is C14H21ClO2. The summed E-state index contributed by atoms with van der Waals surface area (Å²) in [6.07, 6.45) is 2.25. The minimum atomic E-state index is 0.246. The first-order valence-corrected chi connectivity index (χ1v) is 6.76. The summed E-state index contributed by atoms with van der Waals surface area (Å²) in [5, 5.41) is 0. The van der Waals surface area contributed by atoms with Gasteiger partial charge in [0.15, 0.2) is 11.5 Å². The van der Waals surface area contributed by atoms with Gasteiger partial charge in [-0.05, 0) is 37.5 Å². The van der Waals surface area contributed by atoms with Crippen LogP contribution < -0.4 is 9.47 Å². The highest BCUT2D eigenvalue weighted by Gasteiger charge is 2.11. The maximum absolute atomic E-state index is 5.93. The summed E-state index contributed by atoms with van der Waals surface area (Å²) in [4.78, 5) is 0. The first kappa shape index (κ1) is 14.2. The smallest absolute Gasteiger partial charge is 0.161 e. The van der Waals surface area contributed by atoms with E-state index in [9.17, 15) is 0 Å². The van der Waals surface area contributed by atoms with E-state index in [2.05, 4.69) is 13.8 Å². The Kier molecular flexibility index (Phi) is 6.20. The fraction of sp³-hybridized carbons (Fsp3) is 0.571. The summed E-state index contributed by atoms with van der Waals surface area (Å²) in [6, 6.07) is 5.88. The maximum atomic E-state index is 5.93. The molecule has 0 aromatic heterocycles. The SMILES string of the molecule is CCOc1cc(CCl)ccc1OC(CC)CC. The average molecular weight is 257 g/mol. The highest BCUT2D eigenvalue weighted by Crippen LogP contribution is 2.30. The van der Waals surface area contributed by atoms with Gasteiger partial charge in [0.1, 0.15) is 0 Å². The van der Waals surface area contributed by atoms with Crippen LogP contribution in [0.3, 0.4) is 0 Å². The van der Waals surface area contributed by atoms with Gasteiger partial charge < -0.3 is 9.47 Å². The number of benzene rings is 1. The third-order valence-corrected chi connectivity index (χ3v) is 2.98. The second kappa shape index (κ2) is 7.44. The minimum absolute atomic E-state index is 0.246. The molecule has 0 heterocycles. The summed E-state index contributed by atoms with van der Waals surface area (Å²) in [5.74, 6) is 2.10. The van der Waals surface area contributed by atoms with Gasteiger partial charge in [0.05, 0.1) is 12.7 Å². The molecule has 96 valence electrons. The number of ether oxygens (including phenoxy) is 2. The zero-order chi connectivity index (χ0) is 12.7. The Morgan fingerprint density at radius 1 is 1.12 bits per heavy atom. The molecule has 0 fully saturated rings. The van der Waals surface area contributed by atoms with Gasteiger partial charge in [0.25, 0.3) is 0 Å². The van der Waals surface area contributed by atoms with Gasteiger partial charge >= 0.3 is 0 Å². The standard InChI is InChI=1S/C14H21ClO2/c1-4-12(5-2)17-13-8-7-11(10-15)9-14(13)16-6-3/h7-9,12H,4-6,10H2,1-3H3. The summed E-state index contributed by atoms with van der Waals surface area (Å²) in [5.41, 5.74) is 1.05. The van der Waals surface area contributed by atoms with E-state index >= 15 is 0 Å². The first-order valence-electron chi connectivity index (χ1n) is 6.23. The average Bonchev–Trinajstić information content (AvgIpc) is 2.37. The highest BCUT2D eigenvalue weighted by atomic mass is 35.5. The molecule has 1 aromatic carbocycles. The van der Waals surface area contributed by atoms with Crippen molar-refractivity contribution < 1.29 is 9.47 Å². The van der Waals surface area contributed by atoms with E-state index in [1.54, 1.807) is 0 Å². The van der Waals surface area contributed by atoms with Gasteiger partial charge in [-0.3, -0.25) is 0 Å². The molecule has 2 nitrogen and oxygen atoms in total. The van der Waals surface area contributed by atoms with Gasteiger partial charge in [0, 0.05) is 5.88 Å². The molecule has 0 radical (unpaired) electrons. The van der Waals surface area contributed by atoms with E-state index in [0.29, 0.717) is 12.5 Å². The van der Waals surface area contributed by atoms with Crippen LogP contribution in [0.1, 0.15) is 39.2 Å². The zero-order valence-electron chi connectivity index (χ0n) is 10.8. The van der Waals surface area contributed by atoms with E-state index in [1.807, 2.05) is 25.1 Å².